The fraction of sp³-hybridized carbons (Fsp3) is 0.231. The molecule has 0 bridgehead atoms. The molecular formula is C13H14BrN3. The summed E-state index contributed by atoms with van der Waals surface area (Å²) < 4.78 is 1.09. The Balaban J connectivity index is 2.09. The first-order chi connectivity index (χ1) is 8.15. The SMILES string of the molecule is Cc1ccnc(NCc2cc(Br)ccc2C)n1. The van der Waals surface area contributed by atoms with Gasteiger partial charge in [0, 0.05) is 22.9 Å². The number of benzene rings is 1. The number of anilines is 1. The van der Waals surface area contributed by atoms with Crippen LogP contribution in [0.5, 0.6) is 0 Å². The summed E-state index contributed by atoms with van der Waals surface area (Å²) in [6, 6.07) is 8.13. The highest BCUT2D eigenvalue weighted by atomic mass is 79.9. The lowest BCUT2D eigenvalue weighted by Gasteiger charge is -2.08. The zero-order valence-corrected chi connectivity index (χ0v) is 11.5. The van der Waals surface area contributed by atoms with Crippen LogP contribution in [-0.2, 0) is 6.54 Å². The molecule has 0 spiro atoms. The van der Waals surface area contributed by atoms with Crippen LogP contribution in [0.1, 0.15) is 16.8 Å². The van der Waals surface area contributed by atoms with Crippen molar-refractivity contribution < 1.29 is 0 Å². The largest absolute Gasteiger partial charge is 0.350 e. The van der Waals surface area contributed by atoms with Gasteiger partial charge >= 0.3 is 0 Å². The monoisotopic (exact) mass is 291 g/mol. The summed E-state index contributed by atoms with van der Waals surface area (Å²) in [5.74, 6) is 0.671. The number of hydrogen-bond acceptors (Lipinski definition) is 3. The summed E-state index contributed by atoms with van der Waals surface area (Å²) in [6.45, 7) is 4.78. The van der Waals surface area contributed by atoms with Gasteiger partial charge in [-0.2, -0.15) is 0 Å². The molecule has 0 aliphatic rings. The molecule has 1 N–H and O–H groups in total. The van der Waals surface area contributed by atoms with E-state index >= 15 is 0 Å². The Kier molecular flexibility index (Phi) is 3.74. The highest BCUT2D eigenvalue weighted by molar-refractivity contribution is 9.10. The summed E-state index contributed by atoms with van der Waals surface area (Å²) in [7, 11) is 0. The number of halogens is 1. The number of aryl methyl sites for hydroxylation is 2. The fourth-order valence-electron chi connectivity index (χ4n) is 1.54. The fourth-order valence-corrected chi connectivity index (χ4v) is 1.95. The number of rotatable bonds is 3. The van der Waals surface area contributed by atoms with Gasteiger partial charge in [0.05, 0.1) is 0 Å². The standard InChI is InChI=1S/C13H14BrN3/c1-9-3-4-12(14)7-11(9)8-16-13-15-6-5-10(2)17-13/h3-7H,8H2,1-2H3,(H,15,16,17). The molecule has 1 aromatic heterocycles. The molecule has 0 unspecified atom stereocenters. The zero-order valence-electron chi connectivity index (χ0n) is 9.87. The van der Waals surface area contributed by atoms with Crippen LogP contribution < -0.4 is 5.32 Å². The normalized spacial score (nSPS) is 10.3. The van der Waals surface area contributed by atoms with Gasteiger partial charge in [-0.25, -0.2) is 9.97 Å². The summed E-state index contributed by atoms with van der Waals surface area (Å²) in [5, 5.41) is 3.23. The third-order valence-corrected chi connectivity index (χ3v) is 3.04. The molecule has 17 heavy (non-hydrogen) atoms. The molecule has 2 aromatic rings. The van der Waals surface area contributed by atoms with Crippen LogP contribution in [0.25, 0.3) is 0 Å². The number of nitrogens with zero attached hydrogens (tertiary/aromatic N) is 2. The molecule has 0 amide bonds. The van der Waals surface area contributed by atoms with Crippen molar-refractivity contribution in [3.8, 4) is 0 Å². The molecule has 2 rings (SSSR count). The van der Waals surface area contributed by atoms with Gasteiger partial charge in [0.15, 0.2) is 0 Å². The molecule has 4 heteroatoms. The van der Waals surface area contributed by atoms with Gasteiger partial charge in [-0.15, -0.1) is 0 Å². The first kappa shape index (κ1) is 12.0. The summed E-state index contributed by atoms with van der Waals surface area (Å²) in [6.07, 6.45) is 1.76. The molecule has 3 nitrogen and oxygen atoms in total. The van der Waals surface area contributed by atoms with Crippen LogP contribution in [0.15, 0.2) is 34.9 Å². The van der Waals surface area contributed by atoms with Gasteiger partial charge in [-0.05, 0) is 43.2 Å². The van der Waals surface area contributed by atoms with E-state index in [1.165, 1.54) is 11.1 Å². The van der Waals surface area contributed by atoms with E-state index in [9.17, 15) is 0 Å². The minimum absolute atomic E-state index is 0.671. The van der Waals surface area contributed by atoms with Crippen molar-refractivity contribution in [2.75, 3.05) is 5.32 Å². The van der Waals surface area contributed by atoms with Crippen molar-refractivity contribution in [1.29, 1.82) is 0 Å². The first-order valence-corrected chi connectivity index (χ1v) is 6.23. The van der Waals surface area contributed by atoms with Gasteiger partial charge in [0.2, 0.25) is 5.95 Å². The smallest absolute Gasteiger partial charge is 0.223 e. The Labute approximate surface area is 109 Å². The van der Waals surface area contributed by atoms with Crippen LogP contribution in [0.2, 0.25) is 0 Å². The van der Waals surface area contributed by atoms with Crippen LogP contribution in [0.4, 0.5) is 5.95 Å². The van der Waals surface area contributed by atoms with E-state index in [4.69, 9.17) is 0 Å². The highest BCUT2D eigenvalue weighted by Gasteiger charge is 2.01. The van der Waals surface area contributed by atoms with Crippen molar-refractivity contribution in [1.82, 2.24) is 9.97 Å². The Morgan fingerprint density at radius 1 is 1.24 bits per heavy atom. The number of nitrogens with one attached hydrogen (secondary N) is 1. The quantitative estimate of drug-likeness (QED) is 0.941. The maximum atomic E-state index is 4.31. The van der Waals surface area contributed by atoms with Crippen molar-refractivity contribution in [3.05, 3.63) is 51.8 Å². The second-order valence-electron chi connectivity index (χ2n) is 3.95. The van der Waals surface area contributed by atoms with E-state index in [1.807, 2.05) is 19.1 Å². The van der Waals surface area contributed by atoms with Gasteiger partial charge in [-0.3, -0.25) is 0 Å². The highest BCUT2D eigenvalue weighted by Crippen LogP contribution is 2.16. The molecule has 88 valence electrons. The molecular weight excluding hydrogens is 278 g/mol. The lowest BCUT2D eigenvalue weighted by atomic mass is 10.1. The average molecular weight is 292 g/mol. The van der Waals surface area contributed by atoms with Crippen LogP contribution >= 0.6 is 15.9 Å². The molecule has 0 aliphatic heterocycles. The summed E-state index contributed by atoms with van der Waals surface area (Å²) >= 11 is 3.48. The predicted molar refractivity (Wildman–Crippen MR) is 73.0 cm³/mol. The molecule has 1 heterocycles. The Bertz CT molecular complexity index is 526. The van der Waals surface area contributed by atoms with Gasteiger partial charge in [-0.1, -0.05) is 22.0 Å². The number of aromatic nitrogens is 2. The third-order valence-electron chi connectivity index (χ3n) is 2.54. The van der Waals surface area contributed by atoms with Crippen LogP contribution in [0.3, 0.4) is 0 Å². The van der Waals surface area contributed by atoms with Crippen molar-refractivity contribution in [2.45, 2.75) is 20.4 Å². The second-order valence-corrected chi connectivity index (χ2v) is 4.86. The Morgan fingerprint density at radius 2 is 2.06 bits per heavy atom. The van der Waals surface area contributed by atoms with Crippen molar-refractivity contribution in [2.24, 2.45) is 0 Å². The predicted octanol–water partition coefficient (Wildman–Crippen LogP) is 3.47. The molecule has 0 saturated heterocycles. The van der Waals surface area contributed by atoms with E-state index in [0.717, 1.165) is 16.7 Å². The second kappa shape index (κ2) is 5.27. The lowest BCUT2D eigenvalue weighted by Crippen LogP contribution is -2.05. The van der Waals surface area contributed by atoms with E-state index in [1.54, 1.807) is 6.20 Å². The van der Waals surface area contributed by atoms with Crippen LogP contribution in [0, 0.1) is 13.8 Å². The number of hydrogen-bond donors (Lipinski definition) is 1. The molecule has 0 fully saturated rings. The summed E-state index contributed by atoms with van der Waals surface area (Å²) in [5.41, 5.74) is 3.46. The van der Waals surface area contributed by atoms with E-state index < -0.39 is 0 Å². The zero-order chi connectivity index (χ0) is 12.3. The van der Waals surface area contributed by atoms with E-state index in [0.29, 0.717) is 5.95 Å². The van der Waals surface area contributed by atoms with Gasteiger partial charge in [0.1, 0.15) is 0 Å². The van der Waals surface area contributed by atoms with Gasteiger partial charge in [0.25, 0.3) is 0 Å². The maximum absolute atomic E-state index is 4.31. The van der Waals surface area contributed by atoms with E-state index in [2.05, 4.69) is 50.3 Å². The Morgan fingerprint density at radius 3 is 2.82 bits per heavy atom. The van der Waals surface area contributed by atoms with Crippen molar-refractivity contribution >= 4 is 21.9 Å². The summed E-state index contributed by atoms with van der Waals surface area (Å²) in [4.78, 5) is 8.48. The topological polar surface area (TPSA) is 37.8 Å². The Hall–Kier alpha value is -1.42. The van der Waals surface area contributed by atoms with Crippen LogP contribution in [-0.4, -0.2) is 9.97 Å². The molecule has 0 atom stereocenters. The molecule has 0 saturated carbocycles. The maximum Gasteiger partial charge on any atom is 0.223 e. The third kappa shape index (κ3) is 3.27. The lowest BCUT2D eigenvalue weighted by molar-refractivity contribution is 1.02. The molecule has 0 radical (unpaired) electrons. The van der Waals surface area contributed by atoms with E-state index in [-0.39, 0.29) is 0 Å². The first-order valence-electron chi connectivity index (χ1n) is 5.44. The average Bonchev–Trinajstić information content (AvgIpc) is 2.30. The van der Waals surface area contributed by atoms with Gasteiger partial charge < -0.3 is 5.32 Å². The van der Waals surface area contributed by atoms with Crippen molar-refractivity contribution in [3.63, 3.8) is 0 Å². The molecule has 0 aliphatic carbocycles. The molecule has 1 aromatic carbocycles. The minimum atomic E-state index is 0.671. The minimum Gasteiger partial charge on any atom is -0.350 e.